The summed E-state index contributed by atoms with van der Waals surface area (Å²) in [6, 6.07) is 2.10. The van der Waals surface area contributed by atoms with Crippen LogP contribution in [0.1, 0.15) is 26.7 Å². The second-order valence-corrected chi connectivity index (χ2v) is 3.17. The fraction of sp³-hybridized carbons (Fsp3) is 0.875. The van der Waals surface area contributed by atoms with E-state index in [1.807, 2.05) is 0 Å². The highest BCUT2D eigenvalue weighted by atomic mass is 16.5. The highest BCUT2D eigenvalue weighted by Gasteiger charge is 2.46. The number of hydrogen-bond acceptors (Lipinski definition) is 3. The molecular formula is C8H13NO2. The van der Waals surface area contributed by atoms with E-state index >= 15 is 0 Å². The number of ether oxygens (including phenoxy) is 1. The molecule has 62 valence electrons. The van der Waals surface area contributed by atoms with Gasteiger partial charge in [0, 0.05) is 0 Å². The fourth-order valence-electron chi connectivity index (χ4n) is 0.824. The van der Waals surface area contributed by atoms with Gasteiger partial charge in [-0.3, -0.25) is 0 Å². The van der Waals surface area contributed by atoms with Gasteiger partial charge in [0.25, 0.3) is 0 Å². The average Bonchev–Trinajstić information content (AvgIpc) is 2.69. The lowest BCUT2D eigenvalue weighted by Crippen LogP contribution is -2.28. The van der Waals surface area contributed by atoms with Gasteiger partial charge in [0.15, 0.2) is 5.60 Å². The van der Waals surface area contributed by atoms with Crippen LogP contribution in [-0.2, 0) is 4.74 Å². The van der Waals surface area contributed by atoms with Crippen molar-refractivity contribution in [2.24, 2.45) is 0 Å². The zero-order valence-electron chi connectivity index (χ0n) is 6.87. The molecule has 1 rings (SSSR count). The van der Waals surface area contributed by atoms with Crippen molar-refractivity contribution in [2.75, 3.05) is 0 Å². The maximum Gasteiger partial charge on any atom is 0.155 e. The minimum absolute atomic E-state index is 0.239. The third-order valence-electron chi connectivity index (χ3n) is 2.00. The van der Waals surface area contributed by atoms with Gasteiger partial charge in [-0.15, -0.1) is 0 Å². The van der Waals surface area contributed by atoms with Crippen molar-refractivity contribution in [1.29, 1.82) is 5.26 Å². The normalized spacial score (nSPS) is 25.3. The Bertz CT molecular complexity index is 179. The summed E-state index contributed by atoms with van der Waals surface area (Å²) in [5, 5.41) is 17.7. The van der Waals surface area contributed by atoms with E-state index < -0.39 is 11.7 Å². The molecule has 0 aromatic rings. The third kappa shape index (κ3) is 1.92. The van der Waals surface area contributed by atoms with E-state index in [-0.39, 0.29) is 6.10 Å². The molecule has 0 spiro atoms. The van der Waals surface area contributed by atoms with Gasteiger partial charge in [0.2, 0.25) is 0 Å². The molecule has 0 amide bonds. The van der Waals surface area contributed by atoms with Gasteiger partial charge in [0.1, 0.15) is 0 Å². The number of rotatable bonds is 3. The molecule has 2 atom stereocenters. The maximum absolute atomic E-state index is 9.07. The number of nitrogens with zero attached hydrogens (tertiary/aromatic N) is 1. The maximum atomic E-state index is 9.07. The Balaban J connectivity index is 2.37. The Morgan fingerprint density at radius 1 is 1.55 bits per heavy atom. The van der Waals surface area contributed by atoms with Gasteiger partial charge in [-0.05, 0) is 26.7 Å². The zero-order chi connectivity index (χ0) is 8.48. The molecule has 0 aliphatic heterocycles. The van der Waals surface area contributed by atoms with Gasteiger partial charge in [-0.1, -0.05) is 0 Å². The van der Waals surface area contributed by atoms with Crippen LogP contribution in [-0.4, -0.2) is 22.9 Å². The lowest BCUT2D eigenvalue weighted by atomic mass is 10.2. The van der Waals surface area contributed by atoms with Gasteiger partial charge in [-0.2, -0.15) is 5.26 Å². The van der Waals surface area contributed by atoms with Crippen molar-refractivity contribution in [3.05, 3.63) is 0 Å². The largest absolute Gasteiger partial charge is 0.391 e. The van der Waals surface area contributed by atoms with Crippen LogP contribution in [0.25, 0.3) is 0 Å². The first-order valence-electron chi connectivity index (χ1n) is 3.87. The van der Waals surface area contributed by atoms with Crippen molar-refractivity contribution in [1.82, 2.24) is 0 Å². The monoisotopic (exact) mass is 155 g/mol. The summed E-state index contributed by atoms with van der Waals surface area (Å²) in [5.74, 6) is 0. The Labute approximate surface area is 66.6 Å². The summed E-state index contributed by atoms with van der Waals surface area (Å²) in [6.07, 6.45) is 0.874. The van der Waals surface area contributed by atoms with Gasteiger partial charge >= 0.3 is 0 Å². The minimum Gasteiger partial charge on any atom is -0.391 e. The predicted molar refractivity (Wildman–Crippen MR) is 39.8 cm³/mol. The standard InChI is InChI=1S/C8H13NO2/c1-6(10)7(2)11-8(5-9)3-4-8/h6-7,10H,3-4H2,1-2H3. The van der Waals surface area contributed by atoms with E-state index in [9.17, 15) is 0 Å². The molecular weight excluding hydrogens is 142 g/mol. The molecule has 3 heteroatoms. The van der Waals surface area contributed by atoms with Crippen molar-refractivity contribution in [3.63, 3.8) is 0 Å². The number of nitriles is 1. The predicted octanol–water partition coefficient (Wildman–Crippen LogP) is 0.828. The molecule has 0 heterocycles. The lowest BCUT2D eigenvalue weighted by molar-refractivity contribution is -0.0525. The van der Waals surface area contributed by atoms with Crippen LogP contribution < -0.4 is 0 Å². The SMILES string of the molecule is CC(O)C(C)OC1(C#N)CC1. The zero-order valence-corrected chi connectivity index (χ0v) is 6.87. The molecule has 1 N–H and O–H groups in total. The number of aliphatic hydroxyl groups is 1. The third-order valence-corrected chi connectivity index (χ3v) is 2.00. The topological polar surface area (TPSA) is 53.2 Å². The summed E-state index contributed by atoms with van der Waals surface area (Å²) < 4.78 is 5.35. The lowest BCUT2D eigenvalue weighted by Gasteiger charge is -2.18. The number of hydrogen-bond donors (Lipinski definition) is 1. The molecule has 3 nitrogen and oxygen atoms in total. The molecule has 1 aliphatic rings. The van der Waals surface area contributed by atoms with E-state index in [4.69, 9.17) is 15.1 Å². The van der Waals surface area contributed by atoms with E-state index in [0.717, 1.165) is 12.8 Å². The molecule has 0 aromatic carbocycles. The van der Waals surface area contributed by atoms with E-state index in [2.05, 4.69) is 6.07 Å². The van der Waals surface area contributed by atoms with Crippen LogP contribution >= 0.6 is 0 Å². The second kappa shape index (κ2) is 2.80. The number of aliphatic hydroxyl groups excluding tert-OH is 1. The molecule has 1 fully saturated rings. The van der Waals surface area contributed by atoms with Crippen LogP contribution in [0.5, 0.6) is 0 Å². The quantitative estimate of drug-likeness (QED) is 0.656. The first-order valence-corrected chi connectivity index (χ1v) is 3.87. The molecule has 11 heavy (non-hydrogen) atoms. The van der Waals surface area contributed by atoms with Crippen molar-refractivity contribution >= 4 is 0 Å². The molecule has 0 radical (unpaired) electrons. The summed E-state index contributed by atoms with van der Waals surface area (Å²) in [4.78, 5) is 0. The first-order chi connectivity index (χ1) is 5.09. The van der Waals surface area contributed by atoms with E-state index in [0.29, 0.717) is 0 Å². The van der Waals surface area contributed by atoms with Crippen molar-refractivity contribution < 1.29 is 9.84 Å². The summed E-state index contributed by atoms with van der Waals surface area (Å²) >= 11 is 0. The van der Waals surface area contributed by atoms with E-state index in [1.54, 1.807) is 13.8 Å². The van der Waals surface area contributed by atoms with Crippen LogP contribution in [0, 0.1) is 11.3 Å². The minimum atomic E-state index is -0.559. The summed E-state index contributed by atoms with van der Waals surface area (Å²) in [6.45, 7) is 3.44. The molecule has 1 saturated carbocycles. The molecule has 1 aliphatic carbocycles. The van der Waals surface area contributed by atoms with E-state index in [1.165, 1.54) is 0 Å². The Morgan fingerprint density at radius 3 is 2.36 bits per heavy atom. The molecule has 0 saturated heterocycles. The Kier molecular flexibility index (Phi) is 2.17. The Hall–Kier alpha value is -0.590. The van der Waals surface area contributed by atoms with Crippen molar-refractivity contribution in [2.45, 2.75) is 44.5 Å². The van der Waals surface area contributed by atoms with Crippen LogP contribution in [0.3, 0.4) is 0 Å². The van der Waals surface area contributed by atoms with Crippen molar-refractivity contribution in [3.8, 4) is 6.07 Å². The smallest absolute Gasteiger partial charge is 0.155 e. The average molecular weight is 155 g/mol. The molecule has 0 bridgehead atoms. The second-order valence-electron chi connectivity index (χ2n) is 3.17. The van der Waals surface area contributed by atoms with Crippen LogP contribution in [0.15, 0.2) is 0 Å². The first kappa shape index (κ1) is 8.51. The Morgan fingerprint density at radius 2 is 2.09 bits per heavy atom. The highest BCUT2D eigenvalue weighted by molar-refractivity contribution is 5.13. The molecule has 2 unspecified atom stereocenters. The van der Waals surface area contributed by atoms with Gasteiger partial charge in [-0.25, -0.2) is 0 Å². The van der Waals surface area contributed by atoms with Crippen LogP contribution in [0.2, 0.25) is 0 Å². The van der Waals surface area contributed by atoms with Gasteiger partial charge < -0.3 is 9.84 Å². The molecule has 0 aromatic heterocycles. The summed E-state index contributed by atoms with van der Waals surface area (Å²) in [5.41, 5.74) is -0.559. The van der Waals surface area contributed by atoms with Crippen LogP contribution in [0.4, 0.5) is 0 Å². The fourth-order valence-corrected chi connectivity index (χ4v) is 0.824. The van der Waals surface area contributed by atoms with Gasteiger partial charge in [0.05, 0.1) is 18.3 Å². The highest BCUT2D eigenvalue weighted by Crippen LogP contribution is 2.39. The summed E-state index contributed by atoms with van der Waals surface area (Å²) in [7, 11) is 0.